The summed E-state index contributed by atoms with van der Waals surface area (Å²) in [6.07, 6.45) is 4.21. The number of methoxy groups -OCH3 is 3. The first-order valence-electron chi connectivity index (χ1n) is 11.4. The molecule has 1 fully saturated rings. The minimum atomic E-state index is 0.577. The highest BCUT2D eigenvalue weighted by molar-refractivity contribution is 5.69. The predicted octanol–water partition coefficient (Wildman–Crippen LogP) is 4.53. The van der Waals surface area contributed by atoms with E-state index in [0.29, 0.717) is 23.3 Å². The Morgan fingerprint density at radius 2 is 1.58 bits per heavy atom. The van der Waals surface area contributed by atoms with Crippen LogP contribution in [0.3, 0.4) is 0 Å². The molecule has 0 bridgehead atoms. The summed E-state index contributed by atoms with van der Waals surface area (Å²) >= 11 is 0. The van der Waals surface area contributed by atoms with Gasteiger partial charge in [0, 0.05) is 30.9 Å². The minimum absolute atomic E-state index is 0.577. The highest BCUT2D eigenvalue weighted by Crippen LogP contribution is 2.40. The van der Waals surface area contributed by atoms with Gasteiger partial charge in [0.1, 0.15) is 0 Å². The van der Waals surface area contributed by atoms with Crippen LogP contribution < -0.4 is 19.5 Å². The number of ether oxygens (including phenoxy) is 3. The Kier molecular flexibility index (Phi) is 7.81. The van der Waals surface area contributed by atoms with Gasteiger partial charge in [0.15, 0.2) is 11.5 Å². The van der Waals surface area contributed by atoms with Crippen LogP contribution in [0.1, 0.15) is 24.0 Å². The van der Waals surface area contributed by atoms with E-state index >= 15 is 0 Å². The fraction of sp³-hybridized carbons (Fsp3) is 0.370. The molecule has 1 aliphatic heterocycles. The normalized spacial score (nSPS) is 14.8. The highest BCUT2D eigenvalue weighted by Gasteiger charge is 2.19. The van der Waals surface area contributed by atoms with E-state index in [-0.39, 0.29) is 0 Å². The van der Waals surface area contributed by atoms with Crippen LogP contribution >= 0.6 is 0 Å². The molecule has 0 aliphatic carbocycles. The lowest BCUT2D eigenvalue weighted by atomic mass is 10.0. The molecule has 0 unspecified atom stereocenters. The van der Waals surface area contributed by atoms with Crippen molar-refractivity contribution in [3.05, 3.63) is 71.9 Å². The molecule has 1 aliphatic rings. The second kappa shape index (κ2) is 11.2. The van der Waals surface area contributed by atoms with Gasteiger partial charge in [-0.1, -0.05) is 30.3 Å². The quantitative estimate of drug-likeness (QED) is 0.520. The Labute approximate surface area is 196 Å². The van der Waals surface area contributed by atoms with Gasteiger partial charge in [-0.15, -0.1) is 0 Å². The molecule has 2 aromatic carbocycles. The lowest BCUT2D eigenvalue weighted by Gasteiger charge is -2.32. The zero-order chi connectivity index (χ0) is 23.0. The van der Waals surface area contributed by atoms with Gasteiger partial charge in [0.25, 0.3) is 0 Å². The van der Waals surface area contributed by atoms with E-state index in [4.69, 9.17) is 14.2 Å². The number of piperidine rings is 1. The summed E-state index contributed by atoms with van der Waals surface area (Å²) in [5, 5.41) is 3.71. The third-order valence-electron chi connectivity index (χ3n) is 6.22. The highest BCUT2D eigenvalue weighted by atomic mass is 16.5. The molecule has 0 amide bonds. The summed E-state index contributed by atoms with van der Waals surface area (Å²) in [6.45, 7) is 4.04. The van der Waals surface area contributed by atoms with E-state index < -0.39 is 0 Å². The summed E-state index contributed by atoms with van der Waals surface area (Å²) < 4.78 is 16.4. The van der Waals surface area contributed by atoms with Crippen molar-refractivity contribution in [2.45, 2.75) is 32.0 Å². The zero-order valence-corrected chi connectivity index (χ0v) is 19.7. The molecule has 6 heteroatoms. The second-order valence-corrected chi connectivity index (χ2v) is 8.38. The number of likely N-dealkylation sites (tertiary alicyclic amines) is 1. The lowest BCUT2D eigenvalue weighted by molar-refractivity contribution is 0.190. The van der Waals surface area contributed by atoms with Crippen LogP contribution in [-0.4, -0.2) is 50.3 Å². The topological polar surface area (TPSA) is 55.9 Å². The van der Waals surface area contributed by atoms with Gasteiger partial charge in [-0.25, -0.2) is 0 Å². The molecule has 3 aromatic rings. The minimum Gasteiger partial charge on any atom is -0.493 e. The van der Waals surface area contributed by atoms with Crippen molar-refractivity contribution >= 4 is 0 Å². The molecule has 4 rings (SSSR count). The van der Waals surface area contributed by atoms with Crippen LogP contribution in [0, 0.1) is 0 Å². The van der Waals surface area contributed by atoms with Crippen LogP contribution in [0.5, 0.6) is 17.2 Å². The van der Waals surface area contributed by atoms with E-state index in [1.54, 1.807) is 21.3 Å². The maximum atomic E-state index is 5.50. The van der Waals surface area contributed by atoms with Gasteiger partial charge in [-0.05, 0) is 61.3 Å². The smallest absolute Gasteiger partial charge is 0.203 e. The number of aromatic nitrogens is 1. The van der Waals surface area contributed by atoms with Crippen LogP contribution in [0.15, 0.2) is 60.8 Å². The van der Waals surface area contributed by atoms with Crippen LogP contribution in [0.25, 0.3) is 11.3 Å². The van der Waals surface area contributed by atoms with Crippen LogP contribution in [-0.2, 0) is 13.1 Å². The molecular weight excluding hydrogens is 414 g/mol. The predicted molar refractivity (Wildman–Crippen MR) is 131 cm³/mol. The number of pyridine rings is 1. The Bertz CT molecular complexity index is 1010. The second-order valence-electron chi connectivity index (χ2n) is 8.38. The average Bonchev–Trinajstić information content (AvgIpc) is 2.88. The van der Waals surface area contributed by atoms with Crippen molar-refractivity contribution in [2.24, 2.45) is 0 Å². The first-order valence-corrected chi connectivity index (χ1v) is 11.4. The van der Waals surface area contributed by atoms with Gasteiger partial charge >= 0.3 is 0 Å². The fourth-order valence-corrected chi connectivity index (χ4v) is 4.37. The van der Waals surface area contributed by atoms with Gasteiger partial charge in [0.05, 0.1) is 27.0 Å². The van der Waals surface area contributed by atoms with Gasteiger partial charge in [-0.2, -0.15) is 0 Å². The summed E-state index contributed by atoms with van der Waals surface area (Å²) in [6, 6.07) is 19.3. The molecule has 0 radical (unpaired) electrons. The van der Waals surface area contributed by atoms with Gasteiger partial charge < -0.3 is 19.5 Å². The Morgan fingerprint density at radius 1 is 0.879 bits per heavy atom. The zero-order valence-electron chi connectivity index (χ0n) is 19.7. The average molecular weight is 448 g/mol. The van der Waals surface area contributed by atoms with Crippen molar-refractivity contribution < 1.29 is 14.2 Å². The molecular formula is C27H33N3O3. The van der Waals surface area contributed by atoms with Crippen molar-refractivity contribution in [2.75, 3.05) is 34.4 Å². The molecule has 1 aromatic heterocycles. The summed E-state index contributed by atoms with van der Waals surface area (Å²) in [5.41, 5.74) is 4.43. The van der Waals surface area contributed by atoms with Crippen molar-refractivity contribution in [3.8, 4) is 28.5 Å². The number of benzene rings is 2. The lowest BCUT2D eigenvalue weighted by Crippen LogP contribution is -2.41. The van der Waals surface area contributed by atoms with E-state index in [1.165, 1.54) is 11.1 Å². The molecule has 0 saturated carbocycles. The Hall–Kier alpha value is -3.09. The summed E-state index contributed by atoms with van der Waals surface area (Å²) in [4.78, 5) is 7.12. The molecule has 0 spiro atoms. The third-order valence-corrected chi connectivity index (χ3v) is 6.22. The number of nitrogens with zero attached hydrogens (tertiary/aromatic N) is 2. The molecule has 1 saturated heterocycles. The Morgan fingerprint density at radius 3 is 2.21 bits per heavy atom. The SMILES string of the molecule is COc1cc(-c2cc(CN3CCC(NCc4ccccc4)CC3)ccn2)cc(OC)c1OC. The van der Waals surface area contributed by atoms with Crippen molar-refractivity contribution in [3.63, 3.8) is 0 Å². The van der Waals surface area contributed by atoms with E-state index in [1.807, 2.05) is 18.3 Å². The monoisotopic (exact) mass is 447 g/mol. The summed E-state index contributed by atoms with van der Waals surface area (Å²) in [7, 11) is 4.87. The van der Waals surface area contributed by atoms with E-state index in [9.17, 15) is 0 Å². The third kappa shape index (κ3) is 5.83. The molecule has 2 heterocycles. The molecule has 33 heavy (non-hydrogen) atoms. The molecule has 1 N–H and O–H groups in total. The van der Waals surface area contributed by atoms with E-state index in [2.05, 4.69) is 57.7 Å². The van der Waals surface area contributed by atoms with Crippen LogP contribution in [0.4, 0.5) is 0 Å². The van der Waals surface area contributed by atoms with E-state index in [0.717, 1.165) is 50.3 Å². The number of hydrogen-bond donors (Lipinski definition) is 1. The molecule has 6 nitrogen and oxygen atoms in total. The number of hydrogen-bond acceptors (Lipinski definition) is 6. The largest absolute Gasteiger partial charge is 0.493 e. The van der Waals surface area contributed by atoms with Gasteiger partial charge in [0.2, 0.25) is 5.75 Å². The summed E-state index contributed by atoms with van der Waals surface area (Å²) in [5.74, 6) is 1.84. The first-order chi connectivity index (χ1) is 16.2. The van der Waals surface area contributed by atoms with Crippen molar-refractivity contribution in [1.29, 1.82) is 0 Å². The number of nitrogens with one attached hydrogen (secondary N) is 1. The van der Waals surface area contributed by atoms with Crippen LogP contribution in [0.2, 0.25) is 0 Å². The fourth-order valence-electron chi connectivity index (χ4n) is 4.37. The number of rotatable bonds is 9. The standard InChI is InChI=1S/C27H33N3O3/c1-31-25-16-22(17-26(32-2)27(25)33-3)24-15-21(9-12-28-24)19-30-13-10-23(11-14-30)29-18-20-7-5-4-6-8-20/h4-9,12,15-17,23,29H,10-11,13-14,18-19H2,1-3H3. The maximum absolute atomic E-state index is 5.50. The maximum Gasteiger partial charge on any atom is 0.203 e. The molecule has 0 atom stereocenters. The molecule has 174 valence electrons. The van der Waals surface area contributed by atoms with Gasteiger partial charge in [-0.3, -0.25) is 9.88 Å². The Balaban J connectivity index is 1.37. The first kappa shape index (κ1) is 23.1. The van der Waals surface area contributed by atoms with Crippen molar-refractivity contribution in [1.82, 2.24) is 15.2 Å².